The average Bonchev–Trinajstić information content (AvgIpc) is 3.30. The van der Waals surface area contributed by atoms with Crippen LogP contribution in [0.15, 0.2) is 72.3 Å². The molecule has 0 aliphatic rings. The van der Waals surface area contributed by atoms with E-state index in [4.69, 9.17) is 11.6 Å². The van der Waals surface area contributed by atoms with Crippen LogP contribution >= 0.6 is 11.6 Å². The Bertz CT molecular complexity index is 1250. The third kappa shape index (κ3) is 3.21. The van der Waals surface area contributed by atoms with Gasteiger partial charge in [0.2, 0.25) is 5.03 Å². The molecule has 0 N–H and O–H groups in total. The van der Waals surface area contributed by atoms with Gasteiger partial charge in [0, 0.05) is 29.2 Å². The quantitative estimate of drug-likeness (QED) is 0.505. The van der Waals surface area contributed by atoms with E-state index in [0.29, 0.717) is 16.3 Å². The van der Waals surface area contributed by atoms with E-state index in [1.54, 1.807) is 47.2 Å². The van der Waals surface area contributed by atoms with E-state index >= 15 is 0 Å². The van der Waals surface area contributed by atoms with Gasteiger partial charge in [-0.1, -0.05) is 35.9 Å². The maximum absolute atomic E-state index is 14.6. The molecule has 2 heterocycles. The lowest BCUT2D eigenvalue weighted by Gasteiger charge is -2.11. The first-order valence-electron chi connectivity index (χ1n) is 8.18. The molecule has 0 fully saturated rings. The fourth-order valence-electron chi connectivity index (χ4n) is 2.93. The van der Waals surface area contributed by atoms with Crippen molar-refractivity contribution in [3.05, 3.63) is 78.1 Å². The molecule has 2 aromatic heterocycles. The van der Waals surface area contributed by atoms with E-state index < -0.39 is 15.7 Å². The van der Waals surface area contributed by atoms with E-state index in [0.717, 1.165) is 6.26 Å². The van der Waals surface area contributed by atoms with Crippen LogP contribution in [0.3, 0.4) is 0 Å². The number of sulfone groups is 1. The van der Waals surface area contributed by atoms with Gasteiger partial charge in [-0.2, -0.15) is 5.10 Å². The molecule has 0 saturated carbocycles. The molecule has 0 amide bonds. The highest BCUT2D eigenvalue weighted by Gasteiger charge is 2.28. The molecular weight excluding hydrogens is 403 g/mol. The number of nitrogens with zero attached hydrogens (tertiary/aromatic N) is 4. The predicted octanol–water partition coefficient (Wildman–Crippen LogP) is 3.92. The fraction of sp³-hybridized carbons (Fsp3) is 0.0526. The number of rotatable bonds is 4. The number of para-hydroxylation sites is 1. The third-order valence-electron chi connectivity index (χ3n) is 4.14. The zero-order valence-corrected chi connectivity index (χ0v) is 16.2. The van der Waals surface area contributed by atoms with Crippen LogP contribution in [0.5, 0.6) is 0 Å². The van der Waals surface area contributed by atoms with Gasteiger partial charge in [-0.25, -0.2) is 22.5 Å². The summed E-state index contributed by atoms with van der Waals surface area (Å²) < 4.78 is 42.4. The van der Waals surface area contributed by atoms with Crippen LogP contribution in [-0.4, -0.2) is 34.0 Å². The maximum Gasteiger partial charge on any atom is 0.201 e. The summed E-state index contributed by atoms with van der Waals surface area (Å²) in [7, 11) is -3.73. The van der Waals surface area contributed by atoms with Gasteiger partial charge in [0.15, 0.2) is 9.84 Å². The van der Waals surface area contributed by atoms with E-state index in [1.165, 1.54) is 29.3 Å². The first kappa shape index (κ1) is 18.4. The molecule has 0 bridgehead atoms. The first-order valence-corrected chi connectivity index (χ1v) is 10.5. The van der Waals surface area contributed by atoms with Gasteiger partial charge < -0.3 is 4.57 Å². The summed E-state index contributed by atoms with van der Waals surface area (Å²) in [6, 6.07) is 12.8. The predicted molar refractivity (Wildman–Crippen MR) is 104 cm³/mol. The fourth-order valence-corrected chi connectivity index (χ4v) is 3.84. The normalized spacial score (nSPS) is 11.7. The molecule has 6 nitrogen and oxygen atoms in total. The van der Waals surface area contributed by atoms with Crippen molar-refractivity contribution in [2.24, 2.45) is 0 Å². The zero-order valence-electron chi connectivity index (χ0n) is 14.6. The van der Waals surface area contributed by atoms with Crippen molar-refractivity contribution in [2.75, 3.05) is 6.26 Å². The molecule has 28 heavy (non-hydrogen) atoms. The Morgan fingerprint density at radius 2 is 1.79 bits per heavy atom. The lowest BCUT2D eigenvalue weighted by Crippen LogP contribution is -2.04. The molecule has 9 heteroatoms. The molecular formula is C19H14ClFN4O2S. The van der Waals surface area contributed by atoms with Gasteiger partial charge in [-0.05, 0) is 24.3 Å². The van der Waals surface area contributed by atoms with Gasteiger partial charge in [0.1, 0.15) is 17.2 Å². The third-order valence-corrected chi connectivity index (χ3v) is 5.37. The van der Waals surface area contributed by atoms with E-state index in [2.05, 4.69) is 10.1 Å². The molecule has 0 aliphatic heterocycles. The number of halogens is 2. The van der Waals surface area contributed by atoms with Crippen molar-refractivity contribution in [1.29, 1.82) is 0 Å². The van der Waals surface area contributed by atoms with Crippen LogP contribution in [0, 0.1) is 5.82 Å². The molecule has 142 valence electrons. The Labute approximate surface area is 165 Å². The number of imidazole rings is 1. The van der Waals surface area contributed by atoms with Crippen LogP contribution in [0.4, 0.5) is 4.39 Å². The second kappa shape index (κ2) is 6.88. The highest BCUT2D eigenvalue weighted by molar-refractivity contribution is 7.90. The minimum atomic E-state index is -3.73. The van der Waals surface area contributed by atoms with Crippen molar-refractivity contribution in [2.45, 2.75) is 5.03 Å². The second-order valence-corrected chi connectivity index (χ2v) is 8.48. The minimum absolute atomic E-state index is 0.128. The molecule has 0 aliphatic carbocycles. The second-order valence-electron chi connectivity index (χ2n) is 6.11. The molecule has 0 radical (unpaired) electrons. The summed E-state index contributed by atoms with van der Waals surface area (Å²) in [5.74, 6) is -0.530. The Balaban J connectivity index is 2.15. The summed E-state index contributed by atoms with van der Waals surface area (Å²) in [4.78, 5) is 4.01. The summed E-state index contributed by atoms with van der Waals surface area (Å²) in [6.07, 6.45) is 5.67. The SMILES string of the molecule is CS(=O)(=O)c1nn(-c2ccccc2F)c(-c2ccc(Cl)cc2)c1-n1ccnc1. The van der Waals surface area contributed by atoms with Gasteiger partial charge >= 0.3 is 0 Å². The van der Waals surface area contributed by atoms with Crippen molar-refractivity contribution >= 4 is 21.4 Å². The Morgan fingerprint density at radius 3 is 2.39 bits per heavy atom. The van der Waals surface area contributed by atoms with Crippen LogP contribution in [-0.2, 0) is 9.84 Å². The highest BCUT2D eigenvalue weighted by atomic mass is 35.5. The maximum atomic E-state index is 14.6. The Hall–Kier alpha value is -2.97. The minimum Gasteiger partial charge on any atom is -0.302 e. The Morgan fingerprint density at radius 1 is 1.07 bits per heavy atom. The molecule has 4 aromatic rings. The number of aromatic nitrogens is 4. The summed E-state index contributed by atoms with van der Waals surface area (Å²) in [6.45, 7) is 0. The molecule has 0 unspecified atom stereocenters. The lowest BCUT2D eigenvalue weighted by molar-refractivity contribution is 0.591. The van der Waals surface area contributed by atoms with Gasteiger partial charge in [0.25, 0.3) is 0 Å². The van der Waals surface area contributed by atoms with E-state index in [-0.39, 0.29) is 16.4 Å². The van der Waals surface area contributed by atoms with E-state index in [9.17, 15) is 12.8 Å². The van der Waals surface area contributed by atoms with Gasteiger partial charge in [-0.15, -0.1) is 0 Å². The lowest BCUT2D eigenvalue weighted by atomic mass is 10.1. The Kier molecular flexibility index (Phi) is 4.52. The topological polar surface area (TPSA) is 69.8 Å². The van der Waals surface area contributed by atoms with E-state index in [1.807, 2.05) is 0 Å². The molecule has 0 atom stereocenters. The highest BCUT2D eigenvalue weighted by Crippen LogP contribution is 2.35. The smallest absolute Gasteiger partial charge is 0.201 e. The zero-order chi connectivity index (χ0) is 19.9. The number of hydrogen-bond acceptors (Lipinski definition) is 4. The van der Waals surface area contributed by atoms with Crippen LogP contribution in [0.25, 0.3) is 22.6 Å². The van der Waals surface area contributed by atoms with Crippen molar-refractivity contribution in [1.82, 2.24) is 19.3 Å². The van der Waals surface area contributed by atoms with Gasteiger partial charge in [-0.3, -0.25) is 0 Å². The molecule has 0 saturated heterocycles. The molecule has 4 rings (SSSR count). The summed E-state index contributed by atoms with van der Waals surface area (Å²) >= 11 is 6.00. The number of benzene rings is 2. The van der Waals surface area contributed by atoms with Crippen LogP contribution in [0.2, 0.25) is 5.02 Å². The van der Waals surface area contributed by atoms with Gasteiger partial charge in [0.05, 0.1) is 12.0 Å². The van der Waals surface area contributed by atoms with Crippen LogP contribution in [0.1, 0.15) is 0 Å². The monoisotopic (exact) mass is 416 g/mol. The van der Waals surface area contributed by atoms with Crippen LogP contribution < -0.4 is 0 Å². The first-order chi connectivity index (χ1) is 13.4. The summed E-state index contributed by atoms with van der Waals surface area (Å²) in [5, 5.41) is 4.61. The van der Waals surface area contributed by atoms with Crippen molar-refractivity contribution < 1.29 is 12.8 Å². The average molecular weight is 417 g/mol. The number of hydrogen-bond donors (Lipinski definition) is 0. The van der Waals surface area contributed by atoms with Crippen molar-refractivity contribution in [3.8, 4) is 22.6 Å². The van der Waals surface area contributed by atoms with Crippen molar-refractivity contribution in [3.63, 3.8) is 0 Å². The summed E-state index contributed by atoms with van der Waals surface area (Å²) in [5.41, 5.74) is 1.44. The standard InChI is InChI=1S/C19H14ClFN4O2S/c1-28(26,27)19-18(24-11-10-22-12-24)17(13-6-8-14(20)9-7-13)25(23-19)16-5-3-2-4-15(16)21/h2-12H,1H3. The molecule has 2 aromatic carbocycles. The molecule has 0 spiro atoms. The largest absolute Gasteiger partial charge is 0.302 e.